The third-order valence-corrected chi connectivity index (χ3v) is 5.94. The Balaban J connectivity index is 1.47. The van der Waals surface area contributed by atoms with E-state index in [1.165, 1.54) is 32.1 Å². The lowest BCUT2D eigenvalue weighted by molar-refractivity contribution is 0.0751. The van der Waals surface area contributed by atoms with Crippen molar-refractivity contribution >= 4 is 11.9 Å². The zero-order chi connectivity index (χ0) is 16.5. The minimum absolute atomic E-state index is 0.0600. The fraction of sp³-hybridized carbons (Fsp3) is 0.722. The predicted molar refractivity (Wildman–Crippen MR) is 92.8 cm³/mol. The fourth-order valence-corrected chi connectivity index (χ4v) is 4.79. The lowest BCUT2D eigenvalue weighted by atomic mass is 9.67. The number of nitrogens with two attached hydrogens (primary N) is 1. The summed E-state index contributed by atoms with van der Waals surface area (Å²) in [4.78, 5) is 23.7. The van der Waals surface area contributed by atoms with Crippen LogP contribution in [0, 0.1) is 11.8 Å². The Kier molecular flexibility index (Phi) is 4.39. The molecule has 24 heavy (non-hydrogen) atoms. The second kappa shape index (κ2) is 6.67. The van der Waals surface area contributed by atoms with E-state index in [4.69, 9.17) is 5.73 Å². The van der Waals surface area contributed by atoms with Gasteiger partial charge in [-0.15, -0.1) is 0 Å². The summed E-state index contributed by atoms with van der Waals surface area (Å²) in [5.41, 5.74) is 6.67. The molecule has 1 saturated heterocycles. The van der Waals surface area contributed by atoms with Crippen LogP contribution in [0.5, 0.6) is 0 Å². The molecule has 0 spiro atoms. The number of hydrogen-bond donors (Lipinski definition) is 2. The highest BCUT2D eigenvalue weighted by molar-refractivity contribution is 5.92. The van der Waals surface area contributed by atoms with Crippen LogP contribution in [0.4, 0.5) is 5.95 Å². The maximum Gasteiger partial charge on any atom is 0.270 e. The van der Waals surface area contributed by atoms with Gasteiger partial charge in [-0.05, 0) is 56.4 Å². The van der Waals surface area contributed by atoms with Crippen LogP contribution in [0.25, 0.3) is 0 Å². The zero-order valence-corrected chi connectivity index (χ0v) is 14.2. The van der Waals surface area contributed by atoms with Gasteiger partial charge in [0.25, 0.3) is 5.91 Å². The number of nitrogens with zero attached hydrogens (tertiary/aromatic N) is 3. The number of aromatic nitrogens is 2. The normalized spacial score (nSPS) is 32.6. The molecule has 2 bridgehead atoms. The van der Waals surface area contributed by atoms with Crippen molar-refractivity contribution in [2.24, 2.45) is 17.6 Å². The Bertz CT molecular complexity index is 587. The van der Waals surface area contributed by atoms with Crippen molar-refractivity contribution in [2.75, 3.05) is 18.0 Å². The average Bonchev–Trinajstić information content (AvgIpc) is 3.10. The summed E-state index contributed by atoms with van der Waals surface area (Å²) in [6.45, 7) is 1.96. The Morgan fingerprint density at radius 1 is 1.17 bits per heavy atom. The largest absolute Gasteiger partial charge is 0.347 e. The van der Waals surface area contributed by atoms with Crippen LogP contribution < -0.4 is 16.0 Å². The summed E-state index contributed by atoms with van der Waals surface area (Å²) < 4.78 is 0. The van der Waals surface area contributed by atoms with E-state index in [1.807, 2.05) is 0 Å². The van der Waals surface area contributed by atoms with Gasteiger partial charge < -0.3 is 16.0 Å². The number of fused-ring (bicyclic) bond motifs is 2. The molecule has 2 saturated carbocycles. The zero-order valence-electron chi connectivity index (χ0n) is 14.2. The quantitative estimate of drug-likeness (QED) is 0.882. The molecule has 1 amide bonds. The molecular weight excluding hydrogens is 302 g/mol. The van der Waals surface area contributed by atoms with Crippen LogP contribution in [0.2, 0.25) is 0 Å². The molecular formula is C18H27N5O. The molecule has 1 aliphatic heterocycles. The summed E-state index contributed by atoms with van der Waals surface area (Å²) in [7, 11) is 0. The second-order valence-corrected chi connectivity index (χ2v) is 7.62. The molecule has 3 aliphatic rings. The van der Waals surface area contributed by atoms with Gasteiger partial charge in [-0.3, -0.25) is 4.79 Å². The Morgan fingerprint density at radius 2 is 1.88 bits per heavy atom. The SMILES string of the molecule is NC1CC2CCCC(C1)C2NC(=O)c1ccnc(N2CCCC2)n1. The third kappa shape index (κ3) is 3.11. The van der Waals surface area contributed by atoms with E-state index in [0.717, 1.165) is 25.9 Å². The molecule has 2 atom stereocenters. The smallest absolute Gasteiger partial charge is 0.270 e. The van der Waals surface area contributed by atoms with Crippen molar-refractivity contribution in [1.29, 1.82) is 0 Å². The minimum Gasteiger partial charge on any atom is -0.347 e. The van der Waals surface area contributed by atoms with Crippen LogP contribution in [-0.4, -0.2) is 41.0 Å². The molecule has 6 heteroatoms. The lowest BCUT2D eigenvalue weighted by Crippen LogP contribution is -2.53. The van der Waals surface area contributed by atoms with Gasteiger partial charge in [0.15, 0.2) is 0 Å². The van der Waals surface area contributed by atoms with E-state index in [-0.39, 0.29) is 11.9 Å². The molecule has 1 aromatic heterocycles. The average molecular weight is 329 g/mol. The summed E-state index contributed by atoms with van der Waals surface area (Å²) >= 11 is 0. The molecule has 1 aromatic rings. The molecule has 3 fully saturated rings. The number of rotatable bonds is 3. The van der Waals surface area contributed by atoms with Crippen LogP contribution in [0.15, 0.2) is 12.3 Å². The summed E-state index contributed by atoms with van der Waals surface area (Å²) in [6.07, 6.45) is 9.73. The molecule has 0 radical (unpaired) electrons. The summed E-state index contributed by atoms with van der Waals surface area (Å²) in [5.74, 6) is 1.67. The van der Waals surface area contributed by atoms with Crippen molar-refractivity contribution in [3.05, 3.63) is 18.0 Å². The molecule has 6 nitrogen and oxygen atoms in total. The van der Waals surface area contributed by atoms with Crippen LogP contribution in [-0.2, 0) is 0 Å². The number of carbonyl (C=O) groups is 1. The van der Waals surface area contributed by atoms with E-state index < -0.39 is 0 Å². The Morgan fingerprint density at radius 3 is 2.58 bits per heavy atom. The van der Waals surface area contributed by atoms with E-state index in [1.54, 1.807) is 12.3 Å². The topological polar surface area (TPSA) is 84.1 Å². The monoisotopic (exact) mass is 329 g/mol. The van der Waals surface area contributed by atoms with Gasteiger partial charge in [0.1, 0.15) is 5.69 Å². The van der Waals surface area contributed by atoms with Gasteiger partial charge >= 0.3 is 0 Å². The highest BCUT2D eigenvalue weighted by Crippen LogP contribution is 2.39. The first kappa shape index (κ1) is 15.8. The maximum absolute atomic E-state index is 12.7. The summed E-state index contributed by atoms with van der Waals surface area (Å²) in [6, 6.07) is 2.28. The van der Waals surface area contributed by atoms with Gasteiger partial charge in [-0.1, -0.05) is 6.42 Å². The Labute approximate surface area is 143 Å². The molecule has 0 aromatic carbocycles. The highest BCUT2D eigenvalue weighted by Gasteiger charge is 2.40. The molecule has 3 N–H and O–H groups in total. The maximum atomic E-state index is 12.7. The first-order valence-corrected chi connectivity index (χ1v) is 9.35. The lowest BCUT2D eigenvalue weighted by Gasteiger charge is -2.45. The fourth-order valence-electron chi connectivity index (χ4n) is 4.79. The second-order valence-electron chi connectivity index (χ2n) is 7.62. The van der Waals surface area contributed by atoms with Gasteiger partial charge in [0.2, 0.25) is 5.95 Å². The molecule has 4 rings (SSSR count). The van der Waals surface area contributed by atoms with Gasteiger partial charge in [-0.2, -0.15) is 0 Å². The number of anilines is 1. The van der Waals surface area contributed by atoms with Crippen molar-refractivity contribution in [1.82, 2.24) is 15.3 Å². The number of hydrogen-bond acceptors (Lipinski definition) is 5. The standard InChI is InChI=1S/C18H27N5O/c19-14-10-12-4-3-5-13(11-14)16(12)22-17(24)15-6-7-20-18(21-15)23-8-1-2-9-23/h6-7,12-14,16H,1-5,8-11,19H2,(H,22,24). The van der Waals surface area contributed by atoms with Crippen molar-refractivity contribution < 1.29 is 4.79 Å². The predicted octanol–water partition coefficient (Wildman–Crippen LogP) is 1.71. The highest BCUT2D eigenvalue weighted by atomic mass is 16.2. The minimum atomic E-state index is -0.0600. The van der Waals surface area contributed by atoms with E-state index in [0.29, 0.717) is 29.5 Å². The van der Waals surface area contributed by atoms with E-state index in [2.05, 4.69) is 20.2 Å². The van der Waals surface area contributed by atoms with E-state index in [9.17, 15) is 4.79 Å². The van der Waals surface area contributed by atoms with Crippen LogP contribution in [0.1, 0.15) is 55.4 Å². The van der Waals surface area contributed by atoms with Crippen molar-refractivity contribution in [2.45, 2.75) is 57.0 Å². The molecule has 130 valence electrons. The number of nitrogens with one attached hydrogen (secondary N) is 1. The van der Waals surface area contributed by atoms with Crippen LogP contribution in [0.3, 0.4) is 0 Å². The van der Waals surface area contributed by atoms with Gasteiger partial charge in [-0.25, -0.2) is 9.97 Å². The van der Waals surface area contributed by atoms with E-state index >= 15 is 0 Å². The van der Waals surface area contributed by atoms with Crippen molar-refractivity contribution in [3.8, 4) is 0 Å². The molecule has 2 unspecified atom stereocenters. The van der Waals surface area contributed by atoms with Gasteiger partial charge in [0, 0.05) is 31.4 Å². The summed E-state index contributed by atoms with van der Waals surface area (Å²) in [5, 5.41) is 3.27. The molecule has 2 aliphatic carbocycles. The van der Waals surface area contributed by atoms with Crippen LogP contribution >= 0.6 is 0 Å². The van der Waals surface area contributed by atoms with Crippen molar-refractivity contribution in [3.63, 3.8) is 0 Å². The first-order valence-electron chi connectivity index (χ1n) is 9.35. The number of carbonyl (C=O) groups excluding carboxylic acids is 1. The molecule has 2 heterocycles. The number of amides is 1. The third-order valence-electron chi connectivity index (χ3n) is 5.94. The first-order chi connectivity index (χ1) is 11.7. The van der Waals surface area contributed by atoms with Gasteiger partial charge in [0.05, 0.1) is 0 Å². The Hall–Kier alpha value is -1.69.